The third-order valence-corrected chi connectivity index (χ3v) is 3.58. The lowest BCUT2D eigenvalue weighted by molar-refractivity contribution is 0.0696. The molecule has 0 saturated heterocycles. The van der Waals surface area contributed by atoms with Crippen molar-refractivity contribution in [3.05, 3.63) is 29.6 Å². The Morgan fingerprint density at radius 2 is 2.29 bits per heavy atom. The largest absolute Gasteiger partial charge is 0.478 e. The van der Waals surface area contributed by atoms with Gasteiger partial charge in [0.25, 0.3) is 0 Å². The van der Waals surface area contributed by atoms with E-state index in [9.17, 15) is 4.79 Å². The van der Waals surface area contributed by atoms with Gasteiger partial charge in [0.1, 0.15) is 0 Å². The van der Waals surface area contributed by atoms with Gasteiger partial charge in [-0.05, 0) is 36.8 Å². The molecule has 0 unspecified atom stereocenters. The second-order valence-corrected chi connectivity index (χ2v) is 4.80. The summed E-state index contributed by atoms with van der Waals surface area (Å²) in [6.07, 6.45) is 5.28. The highest BCUT2D eigenvalue weighted by Gasteiger charge is 2.39. The fraction of sp³-hybridized carbons (Fsp3) is 0.538. The van der Waals surface area contributed by atoms with E-state index in [0.29, 0.717) is 12.0 Å². The summed E-state index contributed by atoms with van der Waals surface area (Å²) in [5, 5.41) is 12.1. The van der Waals surface area contributed by atoms with Gasteiger partial charge in [0.15, 0.2) is 0 Å². The van der Waals surface area contributed by atoms with Crippen LogP contribution in [0, 0.1) is 5.41 Å². The molecule has 2 N–H and O–H groups in total. The predicted octanol–water partition coefficient (Wildman–Crippen LogP) is 2.06. The van der Waals surface area contributed by atoms with Crippen LogP contribution in [-0.4, -0.2) is 22.6 Å². The van der Waals surface area contributed by atoms with Crippen molar-refractivity contribution in [3.63, 3.8) is 0 Å². The molecule has 0 amide bonds. The first-order valence-electron chi connectivity index (χ1n) is 6.04. The topological polar surface area (TPSA) is 62.2 Å². The van der Waals surface area contributed by atoms with Crippen LogP contribution in [0.25, 0.3) is 0 Å². The standard InChI is InChI=1S/C13H18N2O2/c1-2-13(5-6-13)9-14-8-11-4-3-10(7-15-11)12(16)17/h3-4,7,14H,2,5-6,8-9H2,1H3,(H,16,17). The van der Waals surface area contributed by atoms with Gasteiger partial charge in [0.2, 0.25) is 0 Å². The van der Waals surface area contributed by atoms with Crippen molar-refractivity contribution in [2.75, 3.05) is 6.54 Å². The molecule has 1 aliphatic rings. The van der Waals surface area contributed by atoms with Gasteiger partial charge in [-0.25, -0.2) is 4.79 Å². The molecule has 0 spiro atoms. The lowest BCUT2D eigenvalue weighted by atomic mass is 10.0. The lowest BCUT2D eigenvalue weighted by Gasteiger charge is -2.12. The maximum Gasteiger partial charge on any atom is 0.337 e. The van der Waals surface area contributed by atoms with Gasteiger partial charge in [-0.15, -0.1) is 0 Å². The Morgan fingerprint density at radius 1 is 1.53 bits per heavy atom. The Bertz CT molecular complexity index is 396. The number of rotatable bonds is 6. The second kappa shape index (κ2) is 4.84. The Balaban J connectivity index is 1.81. The van der Waals surface area contributed by atoms with E-state index in [-0.39, 0.29) is 5.56 Å². The van der Waals surface area contributed by atoms with Gasteiger partial charge in [0.05, 0.1) is 11.3 Å². The van der Waals surface area contributed by atoms with Crippen LogP contribution in [0.2, 0.25) is 0 Å². The van der Waals surface area contributed by atoms with Gasteiger partial charge in [-0.2, -0.15) is 0 Å². The molecule has 4 nitrogen and oxygen atoms in total. The molecule has 1 aromatic rings. The average molecular weight is 234 g/mol. The van der Waals surface area contributed by atoms with Gasteiger partial charge in [-0.1, -0.05) is 6.92 Å². The summed E-state index contributed by atoms with van der Waals surface area (Å²) in [6, 6.07) is 3.36. The fourth-order valence-corrected chi connectivity index (χ4v) is 1.94. The van der Waals surface area contributed by atoms with E-state index in [1.54, 1.807) is 12.1 Å². The first kappa shape index (κ1) is 12.0. The van der Waals surface area contributed by atoms with E-state index >= 15 is 0 Å². The van der Waals surface area contributed by atoms with Crippen LogP contribution < -0.4 is 5.32 Å². The summed E-state index contributed by atoms with van der Waals surface area (Å²) in [5.41, 5.74) is 1.66. The minimum atomic E-state index is -0.931. The number of carboxylic acid groups (broad SMARTS) is 1. The first-order chi connectivity index (χ1) is 8.15. The summed E-state index contributed by atoms with van der Waals surface area (Å²) in [4.78, 5) is 14.8. The molecule has 0 bridgehead atoms. The summed E-state index contributed by atoms with van der Waals surface area (Å²) in [7, 11) is 0. The Hall–Kier alpha value is -1.42. The maximum absolute atomic E-state index is 10.6. The molecule has 92 valence electrons. The molecule has 1 fully saturated rings. The van der Waals surface area contributed by atoms with Crippen LogP contribution in [0.15, 0.2) is 18.3 Å². The number of carboxylic acids is 1. The summed E-state index contributed by atoms with van der Waals surface area (Å²) in [6.45, 7) is 3.97. The number of aromatic carboxylic acids is 1. The minimum absolute atomic E-state index is 0.237. The molecule has 1 aliphatic carbocycles. The van der Waals surface area contributed by atoms with E-state index in [4.69, 9.17) is 5.11 Å². The number of hydrogen-bond donors (Lipinski definition) is 2. The number of carbonyl (C=O) groups is 1. The Morgan fingerprint density at radius 3 is 2.76 bits per heavy atom. The monoisotopic (exact) mass is 234 g/mol. The molecule has 0 aliphatic heterocycles. The molecule has 1 heterocycles. The van der Waals surface area contributed by atoms with Crippen LogP contribution in [-0.2, 0) is 6.54 Å². The molecule has 0 aromatic carbocycles. The van der Waals surface area contributed by atoms with Crippen LogP contribution in [0.3, 0.4) is 0 Å². The summed E-state index contributed by atoms with van der Waals surface area (Å²) < 4.78 is 0. The maximum atomic E-state index is 10.6. The average Bonchev–Trinajstić information content (AvgIpc) is 3.10. The number of nitrogens with one attached hydrogen (secondary N) is 1. The minimum Gasteiger partial charge on any atom is -0.478 e. The molecule has 2 rings (SSSR count). The van der Waals surface area contributed by atoms with Crippen LogP contribution in [0.4, 0.5) is 0 Å². The zero-order valence-electron chi connectivity index (χ0n) is 10.1. The van der Waals surface area contributed by atoms with Crippen molar-refractivity contribution in [2.45, 2.75) is 32.7 Å². The zero-order chi connectivity index (χ0) is 12.3. The van der Waals surface area contributed by atoms with Crippen molar-refractivity contribution in [2.24, 2.45) is 5.41 Å². The third kappa shape index (κ3) is 3.03. The predicted molar refractivity (Wildman–Crippen MR) is 64.9 cm³/mol. The molecule has 1 saturated carbocycles. The van der Waals surface area contributed by atoms with Crippen LogP contribution >= 0.6 is 0 Å². The second-order valence-electron chi connectivity index (χ2n) is 4.80. The Kier molecular flexibility index (Phi) is 3.43. The van der Waals surface area contributed by atoms with Crippen molar-refractivity contribution >= 4 is 5.97 Å². The normalized spacial score (nSPS) is 16.8. The van der Waals surface area contributed by atoms with E-state index in [1.165, 1.54) is 25.5 Å². The van der Waals surface area contributed by atoms with E-state index in [1.807, 2.05) is 0 Å². The molecular weight excluding hydrogens is 216 g/mol. The number of pyridine rings is 1. The van der Waals surface area contributed by atoms with Crippen molar-refractivity contribution in [1.29, 1.82) is 0 Å². The SMILES string of the molecule is CCC1(CNCc2ccc(C(=O)O)cn2)CC1. The number of nitrogens with zero attached hydrogens (tertiary/aromatic N) is 1. The van der Waals surface area contributed by atoms with Gasteiger partial charge < -0.3 is 10.4 Å². The zero-order valence-corrected chi connectivity index (χ0v) is 10.1. The molecule has 4 heteroatoms. The smallest absolute Gasteiger partial charge is 0.337 e. The van der Waals surface area contributed by atoms with Gasteiger partial charge >= 0.3 is 5.97 Å². The van der Waals surface area contributed by atoms with E-state index in [0.717, 1.165) is 12.2 Å². The van der Waals surface area contributed by atoms with Gasteiger partial charge in [0, 0.05) is 19.3 Å². The molecule has 1 aromatic heterocycles. The Labute approximate surface area is 101 Å². The van der Waals surface area contributed by atoms with Gasteiger partial charge in [-0.3, -0.25) is 4.98 Å². The quantitative estimate of drug-likeness (QED) is 0.791. The summed E-state index contributed by atoms with van der Waals surface area (Å²) >= 11 is 0. The number of hydrogen-bond acceptors (Lipinski definition) is 3. The van der Waals surface area contributed by atoms with E-state index in [2.05, 4.69) is 17.2 Å². The van der Waals surface area contributed by atoms with Crippen LogP contribution in [0.5, 0.6) is 0 Å². The molecule has 17 heavy (non-hydrogen) atoms. The summed E-state index contributed by atoms with van der Waals surface area (Å²) in [5.74, 6) is -0.931. The van der Waals surface area contributed by atoms with E-state index < -0.39 is 5.97 Å². The molecule has 0 atom stereocenters. The highest BCUT2D eigenvalue weighted by Crippen LogP contribution is 2.47. The fourth-order valence-electron chi connectivity index (χ4n) is 1.94. The number of aromatic nitrogens is 1. The third-order valence-electron chi connectivity index (χ3n) is 3.58. The van der Waals surface area contributed by atoms with Crippen molar-refractivity contribution in [1.82, 2.24) is 10.3 Å². The molecule has 0 radical (unpaired) electrons. The molecular formula is C13H18N2O2. The highest BCUT2D eigenvalue weighted by molar-refractivity contribution is 5.87. The van der Waals surface area contributed by atoms with Crippen molar-refractivity contribution < 1.29 is 9.90 Å². The first-order valence-corrected chi connectivity index (χ1v) is 6.04. The lowest BCUT2D eigenvalue weighted by Crippen LogP contribution is -2.23. The highest BCUT2D eigenvalue weighted by atomic mass is 16.4. The van der Waals surface area contributed by atoms with Crippen LogP contribution in [0.1, 0.15) is 42.2 Å². The van der Waals surface area contributed by atoms with Crippen molar-refractivity contribution in [3.8, 4) is 0 Å².